The smallest absolute Gasteiger partial charge is 0.328 e. The lowest BCUT2D eigenvalue weighted by Crippen LogP contribution is -2.47. The van der Waals surface area contributed by atoms with Crippen LogP contribution in [0.4, 0.5) is 0 Å². The van der Waals surface area contributed by atoms with Crippen molar-refractivity contribution in [1.29, 1.82) is 0 Å². The number of aromatic nitrogens is 2. The minimum Gasteiger partial charge on any atom is -0.396 e. The van der Waals surface area contributed by atoms with Gasteiger partial charge in [-0.2, -0.15) is 0 Å². The summed E-state index contributed by atoms with van der Waals surface area (Å²) in [5, 5.41) is 18.4. The molecule has 3 N–H and O–H groups in total. The zero-order valence-corrected chi connectivity index (χ0v) is 11.7. The molecule has 6 nitrogen and oxygen atoms in total. The Morgan fingerprint density at radius 2 is 2.16 bits per heavy atom. The average molecular weight is 331 g/mol. The number of rotatable bonds is 4. The Balaban J connectivity index is 2.38. The monoisotopic (exact) mass is 330 g/mol. The molecule has 1 heterocycles. The first-order valence-corrected chi connectivity index (χ1v) is 6.87. The second-order valence-electron chi connectivity index (χ2n) is 4.64. The van der Waals surface area contributed by atoms with Crippen LogP contribution in [0.5, 0.6) is 0 Å². The first kappa shape index (κ1) is 14.2. The van der Waals surface area contributed by atoms with Crippen LogP contribution in [-0.4, -0.2) is 33.0 Å². The van der Waals surface area contributed by atoms with Crippen LogP contribution in [0.1, 0.15) is 18.0 Å². The maximum Gasteiger partial charge on any atom is 0.328 e. The summed E-state index contributed by atoms with van der Waals surface area (Å²) in [6.45, 7) is -0.0981. The van der Waals surface area contributed by atoms with E-state index in [1.165, 1.54) is 15.7 Å². The van der Waals surface area contributed by atoms with E-state index in [4.69, 9.17) is 5.11 Å². The molecule has 1 fully saturated rings. The lowest BCUT2D eigenvalue weighted by atomic mass is 9.70. The van der Waals surface area contributed by atoms with Gasteiger partial charge < -0.3 is 10.2 Å². The van der Waals surface area contributed by atoms with Gasteiger partial charge in [0.15, 0.2) is 0 Å². The number of nitrogens with one attached hydrogen (secondary N) is 1. The third kappa shape index (κ3) is 2.58. The number of halogens is 1. The Morgan fingerprint density at radius 3 is 2.74 bits per heavy atom. The lowest BCUT2D eigenvalue weighted by Gasteiger charge is -2.43. The molecule has 7 heteroatoms. The minimum absolute atomic E-state index is 0.00370. The van der Waals surface area contributed by atoms with Crippen LogP contribution in [-0.2, 0) is 0 Å². The van der Waals surface area contributed by atoms with Crippen LogP contribution in [0.3, 0.4) is 0 Å². The highest BCUT2D eigenvalue weighted by molar-refractivity contribution is 9.11. The number of hydrogen-bond acceptors (Lipinski definition) is 4. The first-order chi connectivity index (χ1) is 9.12. The van der Waals surface area contributed by atoms with Crippen LogP contribution in [0.25, 0.3) is 6.08 Å². The maximum absolute atomic E-state index is 11.8. The van der Waals surface area contributed by atoms with Gasteiger partial charge >= 0.3 is 5.69 Å². The fourth-order valence-corrected chi connectivity index (χ4v) is 2.80. The molecule has 0 aliphatic heterocycles. The molecule has 0 aromatic carbocycles. The topological polar surface area (TPSA) is 95.3 Å². The predicted molar refractivity (Wildman–Crippen MR) is 74.1 cm³/mol. The number of H-pyrrole nitrogens is 1. The Kier molecular flexibility index (Phi) is 4.38. The molecule has 0 spiro atoms. The van der Waals surface area contributed by atoms with Gasteiger partial charge in [0.05, 0.1) is 5.56 Å². The average Bonchev–Trinajstić information content (AvgIpc) is 2.34. The summed E-state index contributed by atoms with van der Waals surface area (Å²) >= 11 is 3.08. The van der Waals surface area contributed by atoms with E-state index in [0.29, 0.717) is 12.0 Å². The van der Waals surface area contributed by atoms with Crippen molar-refractivity contribution in [3.05, 3.63) is 37.6 Å². The molecule has 1 aliphatic rings. The van der Waals surface area contributed by atoms with Gasteiger partial charge in [-0.3, -0.25) is 14.3 Å². The number of aromatic amines is 1. The summed E-state index contributed by atoms with van der Waals surface area (Å²) in [6, 6.07) is -0.186. The second-order valence-corrected chi connectivity index (χ2v) is 5.16. The van der Waals surface area contributed by atoms with Gasteiger partial charge in [-0.05, 0) is 23.4 Å². The van der Waals surface area contributed by atoms with Crippen molar-refractivity contribution >= 4 is 22.0 Å². The molecule has 2 rings (SSSR count). The van der Waals surface area contributed by atoms with Crippen molar-refractivity contribution in [2.45, 2.75) is 12.5 Å². The number of hydrogen-bond donors (Lipinski definition) is 3. The normalized spacial score (nSPS) is 26.6. The van der Waals surface area contributed by atoms with Crippen LogP contribution in [0, 0.1) is 11.8 Å². The van der Waals surface area contributed by atoms with E-state index in [2.05, 4.69) is 20.9 Å². The SMILES string of the molecule is O=c1[nH]c(=O)n([C@H]2C[C@@H](CO)[C@@H]2CO)cc1C=CBr. The summed E-state index contributed by atoms with van der Waals surface area (Å²) in [4.78, 5) is 27.2. The Morgan fingerprint density at radius 1 is 1.42 bits per heavy atom. The van der Waals surface area contributed by atoms with Gasteiger partial charge in [-0.1, -0.05) is 15.9 Å². The van der Waals surface area contributed by atoms with Crippen LogP contribution in [0.15, 0.2) is 20.8 Å². The number of aliphatic hydroxyl groups is 2. The van der Waals surface area contributed by atoms with Crippen molar-refractivity contribution in [3.63, 3.8) is 0 Å². The number of nitrogens with zero attached hydrogens (tertiary/aromatic N) is 1. The molecule has 0 radical (unpaired) electrons. The van der Waals surface area contributed by atoms with Crippen LogP contribution < -0.4 is 11.2 Å². The number of aliphatic hydroxyl groups excluding tert-OH is 2. The Hall–Kier alpha value is -1.18. The summed E-state index contributed by atoms with van der Waals surface area (Å²) < 4.78 is 1.43. The maximum atomic E-state index is 11.8. The Bertz CT molecular complexity index is 592. The van der Waals surface area contributed by atoms with Crippen LogP contribution >= 0.6 is 15.9 Å². The highest BCUT2D eigenvalue weighted by Crippen LogP contribution is 2.42. The molecular weight excluding hydrogens is 316 g/mol. The van der Waals surface area contributed by atoms with Crippen LogP contribution in [0.2, 0.25) is 0 Å². The predicted octanol–water partition coefficient (Wildman–Crippen LogP) is 0.0640. The lowest BCUT2D eigenvalue weighted by molar-refractivity contribution is -0.00876. The summed E-state index contributed by atoms with van der Waals surface area (Å²) in [5.41, 5.74) is -0.576. The quantitative estimate of drug-likeness (QED) is 0.727. The van der Waals surface area contributed by atoms with Gasteiger partial charge in [0.25, 0.3) is 5.56 Å². The molecule has 1 aromatic rings. The molecule has 1 aliphatic carbocycles. The molecule has 1 saturated carbocycles. The highest BCUT2D eigenvalue weighted by atomic mass is 79.9. The van der Waals surface area contributed by atoms with Gasteiger partial charge in [0.2, 0.25) is 0 Å². The third-order valence-electron chi connectivity index (χ3n) is 3.68. The minimum atomic E-state index is -0.489. The van der Waals surface area contributed by atoms with Gasteiger partial charge in [-0.15, -0.1) is 0 Å². The molecular formula is C12H15BrN2O4. The largest absolute Gasteiger partial charge is 0.396 e. The van der Waals surface area contributed by atoms with Crippen molar-refractivity contribution in [3.8, 4) is 0 Å². The highest BCUT2D eigenvalue weighted by Gasteiger charge is 2.41. The van der Waals surface area contributed by atoms with E-state index in [-0.39, 0.29) is 31.1 Å². The fourth-order valence-electron chi connectivity index (χ4n) is 2.51. The van der Waals surface area contributed by atoms with E-state index in [0.717, 1.165) is 0 Å². The molecule has 0 unspecified atom stereocenters. The standard InChI is InChI=1S/C12H15BrN2O4/c13-2-1-7-4-15(12(19)14-11(7)18)10-3-8(5-16)9(10)6-17/h1-2,4,8-10,16-17H,3,5-6H2,(H,14,18,19)/t8-,9-,10-/m0/s1. The molecule has 19 heavy (non-hydrogen) atoms. The van der Waals surface area contributed by atoms with Crippen molar-refractivity contribution < 1.29 is 10.2 Å². The summed E-state index contributed by atoms with van der Waals surface area (Å²) in [5.74, 6) is -0.154. The van der Waals surface area contributed by atoms with E-state index < -0.39 is 11.2 Å². The molecule has 3 atom stereocenters. The zero-order chi connectivity index (χ0) is 14.0. The van der Waals surface area contributed by atoms with Crippen molar-refractivity contribution in [2.24, 2.45) is 11.8 Å². The molecule has 1 aromatic heterocycles. The molecule has 0 bridgehead atoms. The molecule has 0 amide bonds. The van der Waals surface area contributed by atoms with E-state index >= 15 is 0 Å². The van der Waals surface area contributed by atoms with Gasteiger partial charge in [0.1, 0.15) is 0 Å². The Labute approximate surface area is 117 Å². The van der Waals surface area contributed by atoms with Crippen molar-refractivity contribution in [1.82, 2.24) is 9.55 Å². The van der Waals surface area contributed by atoms with Gasteiger partial charge in [-0.25, -0.2) is 4.79 Å². The summed E-state index contributed by atoms with van der Waals surface area (Å²) in [7, 11) is 0. The summed E-state index contributed by atoms with van der Waals surface area (Å²) in [6.07, 6.45) is 3.65. The first-order valence-electron chi connectivity index (χ1n) is 5.96. The van der Waals surface area contributed by atoms with E-state index in [9.17, 15) is 14.7 Å². The van der Waals surface area contributed by atoms with E-state index in [1.54, 1.807) is 6.08 Å². The van der Waals surface area contributed by atoms with E-state index in [1.807, 2.05) is 0 Å². The third-order valence-corrected chi connectivity index (χ3v) is 3.95. The van der Waals surface area contributed by atoms with Crippen molar-refractivity contribution in [2.75, 3.05) is 13.2 Å². The molecule has 104 valence electrons. The van der Waals surface area contributed by atoms with Gasteiger partial charge in [0, 0.05) is 31.4 Å². The fraction of sp³-hybridized carbons (Fsp3) is 0.500. The molecule has 0 saturated heterocycles. The zero-order valence-electron chi connectivity index (χ0n) is 10.1. The second kappa shape index (κ2) is 5.85.